The van der Waals surface area contributed by atoms with Crippen molar-refractivity contribution in [3.63, 3.8) is 0 Å². The SMILES string of the molecule is O=C(CN1CCC(N2CCCCC2)CC1)Nc1cccc2ccccc12.O=C(O)C(=O)O. The fraction of sp³-hybridized carbons (Fsp3) is 0.458. The van der Waals surface area contributed by atoms with Gasteiger partial charge in [0.1, 0.15) is 0 Å². The summed E-state index contributed by atoms with van der Waals surface area (Å²) in [6.45, 7) is 5.10. The summed E-state index contributed by atoms with van der Waals surface area (Å²) in [6.07, 6.45) is 6.49. The molecule has 8 heteroatoms. The first-order chi connectivity index (χ1) is 15.4. The van der Waals surface area contributed by atoms with Crippen LogP contribution in [-0.4, -0.2) is 76.6 Å². The smallest absolute Gasteiger partial charge is 0.414 e. The summed E-state index contributed by atoms with van der Waals surface area (Å²) in [7, 11) is 0. The first kappa shape index (κ1) is 23.7. The Morgan fingerprint density at radius 2 is 1.47 bits per heavy atom. The molecule has 2 aromatic carbocycles. The lowest BCUT2D eigenvalue weighted by molar-refractivity contribution is -0.159. The summed E-state index contributed by atoms with van der Waals surface area (Å²) >= 11 is 0. The number of benzene rings is 2. The quantitative estimate of drug-likeness (QED) is 0.626. The van der Waals surface area contributed by atoms with Crippen molar-refractivity contribution in [1.82, 2.24) is 9.80 Å². The average molecular weight is 442 g/mol. The predicted molar refractivity (Wildman–Crippen MR) is 123 cm³/mol. The highest BCUT2D eigenvalue weighted by atomic mass is 16.4. The number of nitrogens with one attached hydrogen (secondary N) is 1. The molecule has 2 aromatic rings. The van der Waals surface area contributed by atoms with E-state index in [-0.39, 0.29) is 5.91 Å². The van der Waals surface area contributed by atoms with Crippen molar-refractivity contribution in [2.45, 2.75) is 38.1 Å². The minimum atomic E-state index is -1.82. The van der Waals surface area contributed by atoms with E-state index in [0.29, 0.717) is 6.54 Å². The number of aliphatic carboxylic acids is 2. The Kier molecular flexibility index (Phi) is 8.58. The number of carbonyl (C=O) groups excluding carboxylic acids is 1. The number of nitrogens with zero attached hydrogens (tertiary/aromatic N) is 2. The number of rotatable bonds is 4. The van der Waals surface area contributed by atoms with Gasteiger partial charge in [0.05, 0.1) is 6.54 Å². The van der Waals surface area contributed by atoms with Gasteiger partial charge in [0, 0.05) is 30.2 Å². The zero-order valence-corrected chi connectivity index (χ0v) is 18.2. The van der Waals surface area contributed by atoms with Crippen molar-refractivity contribution in [3.8, 4) is 0 Å². The molecule has 2 fully saturated rings. The van der Waals surface area contributed by atoms with Gasteiger partial charge in [-0.1, -0.05) is 42.8 Å². The van der Waals surface area contributed by atoms with Gasteiger partial charge >= 0.3 is 11.9 Å². The second kappa shape index (κ2) is 11.6. The van der Waals surface area contributed by atoms with E-state index in [1.807, 2.05) is 24.3 Å². The van der Waals surface area contributed by atoms with Gasteiger partial charge < -0.3 is 20.4 Å². The number of anilines is 1. The summed E-state index contributed by atoms with van der Waals surface area (Å²) < 4.78 is 0. The fourth-order valence-electron chi connectivity index (χ4n) is 4.45. The first-order valence-corrected chi connectivity index (χ1v) is 11.1. The van der Waals surface area contributed by atoms with Gasteiger partial charge in [-0.2, -0.15) is 0 Å². The molecule has 32 heavy (non-hydrogen) atoms. The van der Waals surface area contributed by atoms with Crippen LogP contribution in [0.2, 0.25) is 0 Å². The van der Waals surface area contributed by atoms with Gasteiger partial charge in [-0.25, -0.2) is 9.59 Å². The first-order valence-electron chi connectivity index (χ1n) is 11.1. The average Bonchev–Trinajstić information content (AvgIpc) is 2.81. The number of hydrogen-bond donors (Lipinski definition) is 3. The molecule has 0 bridgehead atoms. The van der Waals surface area contributed by atoms with Gasteiger partial charge in [-0.3, -0.25) is 9.69 Å². The zero-order valence-electron chi connectivity index (χ0n) is 18.2. The molecule has 8 nitrogen and oxygen atoms in total. The molecular weight excluding hydrogens is 410 g/mol. The Balaban J connectivity index is 0.000000427. The number of fused-ring (bicyclic) bond motifs is 1. The normalized spacial score (nSPS) is 17.9. The molecule has 2 aliphatic heterocycles. The van der Waals surface area contributed by atoms with Crippen LogP contribution in [0.3, 0.4) is 0 Å². The standard InChI is InChI=1S/C22H29N3O.C2H2O4/c26-22(23-21-10-6-8-18-7-2-3-9-20(18)21)17-24-15-11-19(12-16-24)25-13-4-1-5-14-25;3-1(4)2(5)6/h2-3,6-10,19H,1,4-5,11-17H2,(H,23,26);(H,3,4)(H,5,6). The van der Waals surface area contributed by atoms with Crippen LogP contribution in [0.25, 0.3) is 10.8 Å². The summed E-state index contributed by atoms with van der Waals surface area (Å²) in [5.74, 6) is -3.55. The molecule has 0 spiro atoms. The van der Waals surface area contributed by atoms with Crippen molar-refractivity contribution >= 4 is 34.3 Å². The molecular formula is C24H31N3O5. The van der Waals surface area contributed by atoms with E-state index in [4.69, 9.17) is 19.8 Å². The van der Waals surface area contributed by atoms with E-state index >= 15 is 0 Å². The number of hydrogen-bond acceptors (Lipinski definition) is 5. The third-order valence-corrected chi connectivity index (χ3v) is 6.08. The third-order valence-electron chi connectivity index (χ3n) is 6.08. The topological polar surface area (TPSA) is 110 Å². The van der Waals surface area contributed by atoms with E-state index in [0.717, 1.165) is 35.6 Å². The van der Waals surface area contributed by atoms with Gasteiger partial charge in [0.15, 0.2) is 0 Å². The number of carboxylic acids is 2. The number of likely N-dealkylation sites (tertiary alicyclic amines) is 2. The molecule has 2 aliphatic rings. The van der Waals surface area contributed by atoms with Gasteiger partial charge in [0.25, 0.3) is 0 Å². The largest absolute Gasteiger partial charge is 0.473 e. The van der Waals surface area contributed by atoms with Crippen LogP contribution in [0.1, 0.15) is 32.1 Å². The lowest BCUT2D eigenvalue weighted by Crippen LogP contribution is -2.48. The summed E-state index contributed by atoms with van der Waals surface area (Å²) in [5.41, 5.74) is 0.913. The zero-order chi connectivity index (χ0) is 22.9. The van der Waals surface area contributed by atoms with Crippen LogP contribution < -0.4 is 5.32 Å². The second-order valence-electron chi connectivity index (χ2n) is 8.29. The number of carbonyl (C=O) groups is 3. The Morgan fingerprint density at radius 3 is 2.12 bits per heavy atom. The van der Waals surface area contributed by atoms with Crippen molar-refractivity contribution < 1.29 is 24.6 Å². The van der Waals surface area contributed by atoms with Crippen LogP contribution in [0.4, 0.5) is 5.69 Å². The lowest BCUT2D eigenvalue weighted by atomic mass is 10.00. The molecule has 0 atom stereocenters. The van der Waals surface area contributed by atoms with Gasteiger partial charge in [-0.15, -0.1) is 0 Å². The van der Waals surface area contributed by atoms with E-state index in [2.05, 4.69) is 33.3 Å². The highest BCUT2D eigenvalue weighted by Gasteiger charge is 2.26. The molecule has 0 aliphatic carbocycles. The van der Waals surface area contributed by atoms with Crippen LogP contribution in [0.5, 0.6) is 0 Å². The molecule has 0 unspecified atom stereocenters. The Morgan fingerprint density at radius 1 is 0.844 bits per heavy atom. The van der Waals surface area contributed by atoms with Crippen LogP contribution in [0.15, 0.2) is 42.5 Å². The molecule has 0 radical (unpaired) electrons. The van der Waals surface area contributed by atoms with E-state index < -0.39 is 11.9 Å². The van der Waals surface area contributed by atoms with Crippen LogP contribution in [-0.2, 0) is 14.4 Å². The predicted octanol–water partition coefficient (Wildman–Crippen LogP) is 2.88. The third kappa shape index (κ3) is 6.77. The Bertz CT molecular complexity index is 917. The number of amides is 1. The monoisotopic (exact) mass is 441 g/mol. The number of carboxylic acid groups (broad SMARTS) is 2. The van der Waals surface area contributed by atoms with E-state index in [1.165, 1.54) is 45.2 Å². The van der Waals surface area contributed by atoms with Crippen LogP contribution >= 0.6 is 0 Å². The number of piperidine rings is 2. The second-order valence-corrected chi connectivity index (χ2v) is 8.29. The summed E-state index contributed by atoms with van der Waals surface area (Å²) in [6, 6.07) is 15.0. The van der Waals surface area contributed by atoms with Crippen LogP contribution in [0, 0.1) is 0 Å². The van der Waals surface area contributed by atoms with Crippen molar-refractivity contribution in [3.05, 3.63) is 42.5 Å². The maximum absolute atomic E-state index is 12.5. The van der Waals surface area contributed by atoms with Crippen molar-refractivity contribution in [2.24, 2.45) is 0 Å². The maximum atomic E-state index is 12.5. The Labute approximate surface area is 187 Å². The molecule has 172 valence electrons. The molecule has 0 saturated carbocycles. The molecule has 4 rings (SSSR count). The van der Waals surface area contributed by atoms with Gasteiger partial charge in [-0.05, 0) is 50.2 Å². The minimum absolute atomic E-state index is 0.0952. The molecule has 3 N–H and O–H groups in total. The molecule has 2 heterocycles. The minimum Gasteiger partial charge on any atom is -0.473 e. The highest BCUT2D eigenvalue weighted by molar-refractivity contribution is 6.27. The van der Waals surface area contributed by atoms with Crippen molar-refractivity contribution in [1.29, 1.82) is 0 Å². The maximum Gasteiger partial charge on any atom is 0.414 e. The fourth-order valence-corrected chi connectivity index (χ4v) is 4.45. The molecule has 2 saturated heterocycles. The van der Waals surface area contributed by atoms with Crippen molar-refractivity contribution in [2.75, 3.05) is 38.0 Å². The molecule has 1 amide bonds. The summed E-state index contributed by atoms with van der Waals surface area (Å²) in [5, 5.41) is 20.2. The molecule has 0 aromatic heterocycles. The lowest BCUT2D eigenvalue weighted by Gasteiger charge is -2.40. The van der Waals surface area contributed by atoms with E-state index in [9.17, 15) is 4.79 Å². The Hall–Kier alpha value is -2.97. The van der Waals surface area contributed by atoms with E-state index in [1.54, 1.807) is 0 Å². The summed E-state index contributed by atoms with van der Waals surface area (Å²) in [4.78, 5) is 35.7. The highest BCUT2D eigenvalue weighted by Crippen LogP contribution is 2.24. The van der Waals surface area contributed by atoms with Gasteiger partial charge in [0.2, 0.25) is 5.91 Å².